The lowest BCUT2D eigenvalue weighted by atomic mass is 10.1. The van der Waals surface area contributed by atoms with E-state index >= 15 is 0 Å². The zero-order chi connectivity index (χ0) is 17.5. The predicted octanol–water partition coefficient (Wildman–Crippen LogP) is 2.04. The van der Waals surface area contributed by atoms with Crippen molar-refractivity contribution < 1.29 is 19.1 Å². The number of aryl methyl sites for hydroxylation is 1. The molecule has 0 atom stereocenters. The number of esters is 1. The molecule has 6 nitrogen and oxygen atoms in total. The van der Waals surface area contributed by atoms with Gasteiger partial charge >= 0.3 is 17.8 Å². The van der Waals surface area contributed by atoms with E-state index < -0.39 is 17.8 Å². The van der Waals surface area contributed by atoms with Gasteiger partial charge in [-0.2, -0.15) is 0 Å². The van der Waals surface area contributed by atoms with Crippen LogP contribution in [0.25, 0.3) is 0 Å². The number of ether oxygens (including phenoxy) is 1. The molecular formula is C18H18N2O4. The van der Waals surface area contributed by atoms with Gasteiger partial charge < -0.3 is 15.4 Å². The molecule has 0 saturated heterocycles. The third-order valence-electron chi connectivity index (χ3n) is 3.45. The van der Waals surface area contributed by atoms with Crippen LogP contribution in [-0.2, 0) is 20.9 Å². The molecule has 2 aromatic rings. The number of benzene rings is 2. The summed E-state index contributed by atoms with van der Waals surface area (Å²) in [5.74, 6) is -2.07. The highest BCUT2D eigenvalue weighted by atomic mass is 16.5. The van der Waals surface area contributed by atoms with Gasteiger partial charge in [-0.25, -0.2) is 4.79 Å². The average molecular weight is 326 g/mol. The van der Waals surface area contributed by atoms with Crippen LogP contribution in [0.15, 0.2) is 48.5 Å². The predicted molar refractivity (Wildman–Crippen MR) is 89.4 cm³/mol. The first-order valence-corrected chi connectivity index (χ1v) is 7.33. The lowest BCUT2D eigenvalue weighted by molar-refractivity contribution is -0.136. The fourth-order valence-corrected chi connectivity index (χ4v) is 2.09. The molecule has 0 unspecified atom stereocenters. The van der Waals surface area contributed by atoms with E-state index in [-0.39, 0.29) is 12.1 Å². The summed E-state index contributed by atoms with van der Waals surface area (Å²) in [5.41, 5.74) is 2.60. The summed E-state index contributed by atoms with van der Waals surface area (Å²) in [6, 6.07) is 13.8. The van der Waals surface area contributed by atoms with Crippen molar-refractivity contribution in [1.82, 2.24) is 5.32 Å². The summed E-state index contributed by atoms with van der Waals surface area (Å²) in [5, 5.41) is 5.02. The van der Waals surface area contributed by atoms with Gasteiger partial charge in [0.15, 0.2) is 0 Å². The van der Waals surface area contributed by atoms with Crippen LogP contribution in [-0.4, -0.2) is 24.9 Å². The number of hydrogen-bond acceptors (Lipinski definition) is 4. The van der Waals surface area contributed by atoms with Crippen molar-refractivity contribution in [2.75, 3.05) is 12.4 Å². The largest absolute Gasteiger partial charge is 0.465 e. The molecule has 6 heteroatoms. The van der Waals surface area contributed by atoms with Crippen LogP contribution in [0.1, 0.15) is 21.5 Å². The topological polar surface area (TPSA) is 84.5 Å². The SMILES string of the molecule is COC(=O)c1cccc(NC(=O)C(=O)NCc2ccccc2C)c1. The number of carbonyl (C=O) groups is 3. The zero-order valence-electron chi connectivity index (χ0n) is 13.5. The molecule has 124 valence electrons. The van der Waals surface area contributed by atoms with Gasteiger partial charge in [0.25, 0.3) is 0 Å². The molecule has 0 saturated carbocycles. The molecule has 0 spiro atoms. The van der Waals surface area contributed by atoms with Crippen LogP contribution in [0.5, 0.6) is 0 Å². The van der Waals surface area contributed by atoms with Crippen molar-refractivity contribution in [2.24, 2.45) is 0 Å². The molecule has 0 aromatic heterocycles. The van der Waals surface area contributed by atoms with E-state index in [0.717, 1.165) is 11.1 Å². The Morgan fingerprint density at radius 3 is 2.46 bits per heavy atom. The van der Waals surface area contributed by atoms with Crippen molar-refractivity contribution in [3.8, 4) is 0 Å². The van der Waals surface area contributed by atoms with E-state index in [1.807, 2.05) is 31.2 Å². The summed E-state index contributed by atoms with van der Waals surface area (Å²) < 4.78 is 4.61. The fourth-order valence-electron chi connectivity index (χ4n) is 2.09. The molecule has 2 rings (SSSR count). The monoisotopic (exact) mass is 326 g/mol. The minimum atomic E-state index is -0.800. The Kier molecular flexibility index (Phi) is 5.68. The average Bonchev–Trinajstić information content (AvgIpc) is 2.60. The van der Waals surface area contributed by atoms with Crippen molar-refractivity contribution >= 4 is 23.5 Å². The van der Waals surface area contributed by atoms with E-state index in [4.69, 9.17) is 0 Å². The summed E-state index contributed by atoms with van der Waals surface area (Å²) in [7, 11) is 1.27. The second kappa shape index (κ2) is 7.92. The zero-order valence-corrected chi connectivity index (χ0v) is 13.5. The molecule has 0 aliphatic rings. The molecular weight excluding hydrogens is 308 g/mol. The number of hydrogen-bond donors (Lipinski definition) is 2. The third-order valence-corrected chi connectivity index (χ3v) is 3.45. The van der Waals surface area contributed by atoms with Crippen LogP contribution < -0.4 is 10.6 Å². The molecule has 0 fully saturated rings. The lowest BCUT2D eigenvalue weighted by Gasteiger charge is -2.09. The van der Waals surface area contributed by atoms with Crippen LogP contribution in [0, 0.1) is 6.92 Å². The van der Waals surface area contributed by atoms with E-state index in [9.17, 15) is 14.4 Å². The smallest absolute Gasteiger partial charge is 0.337 e. The molecule has 2 amide bonds. The first-order chi connectivity index (χ1) is 11.5. The molecule has 0 aliphatic carbocycles. The Bertz CT molecular complexity index is 771. The molecule has 0 bridgehead atoms. The van der Waals surface area contributed by atoms with E-state index in [2.05, 4.69) is 15.4 Å². The van der Waals surface area contributed by atoms with Crippen LogP contribution in [0.4, 0.5) is 5.69 Å². The van der Waals surface area contributed by atoms with Gasteiger partial charge in [0.1, 0.15) is 0 Å². The lowest BCUT2D eigenvalue weighted by Crippen LogP contribution is -2.35. The Morgan fingerprint density at radius 1 is 1.00 bits per heavy atom. The number of amides is 2. The van der Waals surface area contributed by atoms with Crippen molar-refractivity contribution in [1.29, 1.82) is 0 Å². The minimum Gasteiger partial charge on any atom is -0.465 e. The second-order valence-electron chi connectivity index (χ2n) is 5.14. The third kappa shape index (κ3) is 4.42. The summed E-state index contributed by atoms with van der Waals surface area (Å²) in [4.78, 5) is 35.3. The van der Waals surface area contributed by atoms with Gasteiger partial charge in [-0.3, -0.25) is 9.59 Å². The van der Waals surface area contributed by atoms with Gasteiger partial charge in [0.2, 0.25) is 0 Å². The molecule has 0 aliphatic heterocycles. The standard InChI is InChI=1S/C18H18N2O4/c1-12-6-3-4-7-14(12)11-19-16(21)17(22)20-15-9-5-8-13(10-15)18(23)24-2/h3-10H,11H2,1-2H3,(H,19,21)(H,20,22). The van der Waals surface area contributed by atoms with E-state index in [1.165, 1.54) is 13.2 Å². The van der Waals surface area contributed by atoms with Crippen LogP contribution in [0.2, 0.25) is 0 Å². The minimum absolute atomic E-state index is 0.265. The Morgan fingerprint density at radius 2 is 1.75 bits per heavy atom. The van der Waals surface area contributed by atoms with Gasteiger partial charge in [-0.15, -0.1) is 0 Å². The number of anilines is 1. The summed E-state index contributed by atoms with van der Waals surface area (Å²) in [6.07, 6.45) is 0. The quantitative estimate of drug-likeness (QED) is 0.665. The molecule has 0 radical (unpaired) electrons. The molecule has 24 heavy (non-hydrogen) atoms. The Balaban J connectivity index is 1.96. The fraction of sp³-hybridized carbons (Fsp3) is 0.167. The highest BCUT2D eigenvalue weighted by Crippen LogP contribution is 2.11. The maximum Gasteiger partial charge on any atom is 0.337 e. The van der Waals surface area contributed by atoms with Crippen LogP contribution >= 0.6 is 0 Å². The number of methoxy groups -OCH3 is 1. The number of carbonyl (C=O) groups excluding carboxylic acids is 3. The summed E-state index contributed by atoms with van der Waals surface area (Å²) >= 11 is 0. The maximum atomic E-state index is 11.9. The highest BCUT2D eigenvalue weighted by molar-refractivity contribution is 6.39. The van der Waals surface area contributed by atoms with Gasteiger partial charge in [-0.1, -0.05) is 30.3 Å². The van der Waals surface area contributed by atoms with Gasteiger partial charge in [-0.05, 0) is 36.2 Å². The first-order valence-electron chi connectivity index (χ1n) is 7.33. The van der Waals surface area contributed by atoms with Crippen molar-refractivity contribution in [2.45, 2.75) is 13.5 Å². The van der Waals surface area contributed by atoms with Gasteiger partial charge in [0.05, 0.1) is 12.7 Å². The van der Waals surface area contributed by atoms with Crippen LogP contribution in [0.3, 0.4) is 0 Å². The van der Waals surface area contributed by atoms with Crippen molar-refractivity contribution in [3.05, 3.63) is 65.2 Å². The normalized spacial score (nSPS) is 9.92. The van der Waals surface area contributed by atoms with E-state index in [1.54, 1.807) is 18.2 Å². The molecule has 2 aromatic carbocycles. The Labute approximate surface area is 139 Å². The number of rotatable bonds is 4. The Hall–Kier alpha value is -3.15. The molecule has 2 N–H and O–H groups in total. The summed E-state index contributed by atoms with van der Waals surface area (Å²) in [6.45, 7) is 2.20. The van der Waals surface area contributed by atoms with E-state index in [0.29, 0.717) is 5.69 Å². The molecule has 0 heterocycles. The highest BCUT2D eigenvalue weighted by Gasteiger charge is 2.14. The maximum absolute atomic E-state index is 11.9. The number of nitrogens with one attached hydrogen (secondary N) is 2. The van der Waals surface area contributed by atoms with Gasteiger partial charge in [0, 0.05) is 12.2 Å². The second-order valence-corrected chi connectivity index (χ2v) is 5.14. The first kappa shape index (κ1) is 17.2. The van der Waals surface area contributed by atoms with Crippen molar-refractivity contribution in [3.63, 3.8) is 0 Å².